The van der Waals surface area contributed by atoms with Crippen molar-refractivity contribution in [3.63, 3.8) is 0 Å². The van der Waals surface area contributed by atoms with Crippen molar-refractivity contribution in [2.24, 2.45) is 11.7 Å². The number of carboxylic acid groups (broad SMARTS) is 1. The molecule has 1 heterocycles. The molecular formula is C10H20N2O2. The molecule has 4 heteroatoms. The normalized spacial score (nSPS) is 22.6. The van der Waals surface area contributed by atoms with Crippen molar-refractivity contribution in [2.45, 2.75) is 38.8 Å². The van der Waals surface area contributed by atoms with E-state index in [9.17, 15) is 4.79 Å². The van der Waals surface area contributed by atoms with Gasteiger partial charge in [0.05, 0.1) is 0 Å². The van der Waals surface area contributed by atoms with Gasteiger partial charge in [-0.2, -0.15) is 0 Å². The molecule has 1 rings (SSSR count). The summed E-state index contributed by atoms with van der Waals surface area (Å²) in [7, 11) is 0. The Labute approximate surface area is 85.1 Å². The van der Waals surface area contributed by atoms with Crippen LogP contribution in [-0.4, -0.2) is 41.1 Å². The first-order valence-electron chi connectivity index (χ1n) is 5.24. The lowest BCUT2D eigenvalue weighted by Crippen LogP contribution is -2.46. The maximum absolute atomic E-state index is 10.7. The third-order valence-corrected chi connectivity index (χ3v) is 3.10. The van der Waals surface area contributed by atoms with E-state index in [1.165, 1.54) is 0 Å². The minimum absolute atomic E-state index is 0.155. The molecule has 14 heavy (non-hydrogen) atoms. The summed E-state index contributed by atoms with van der Waals surface area (Å²) in [5.74, 6) is -0.713. The van der Waals surface area contributed by atoms with E-state index < -0.39 is 12.0 Å². The van der Waals surface area contributed by atoms with Crippen LogP contribution in [0.5, 0.6) is 0 Å². The highest BCUT2D eigenvalue weighted by molar-refractivity contribution is 5.73. The second-order valence-corrected chi connectivity index (χ2v) is 4.33. The first-order valence-corrected chi connectivity index (χ1v) is 5.24. The smallest absolute Gasteiger partial charge is 0.320 e. The number of aliphatic carboxylic acids is 1. The zero-order valence-corrected chi connectivity index (χ0v) is 8.94. The van der Waals surface area contributed by atoms with Gasteiger partial charge in [-0.3, -0.25) is 4.79 Å². The Morgan fingerprint density at radius 1 is 1.43 bits per heavy atom. The molecule has 1 saturated heterocycles. The largest absolute Gasteiger partial charge is 0.480 e. The average Bonchev–Trinajstić information content (AvgIpc) is 2.16. The summed E-state index contributed by atoms with van der Waals surface area (Å²) < 4.78 is 0. The standard InChI is InChI=1S/C10H20N2O2/c1-7(2)12-5-3-8(4-6-12)9(11)10(13)14/h7-9H,3-6,11H2,1-2H3,(H,13,14). The Morgan fingerprint density at radius 3 is 2.29 bits per heavy atom. The van der Waals surface area contributed by atoms with E-state index in [0.29, 0.717) is 6.04 Å². The van der Waals surface area contributed by atoms with E-state index in [-0.39, 0.29) is 5.92 Å². The lowest BCUT2D eigenvalue weighted by atomic mass is 9.89. The number of carboxylic acids is 1. The Hall–Kier alpha value is -0.610. The number of nitrogens with zero attached hydrogens (tertiary/aromatic N) is 1. The van der Waals surface area contributed by atoms with Gasteiger partial charge in [0.1, 0.15) is 6.04 Å². The van der Waals surface area contributed by atoms with Gasteiger partial charge in [0, 0.05) is 6.04 Å². The quantitative estimate of drug-likeness (QED) is 0.697. The highest BCUT2D eigenvalue weighted by Gasteiger charge is 2.28. The fraction of sp³-hybridized carbons (Fsp3) is 0.900. The molecule has 0 radical (unpaired) electrons. The maximum Gasteiger partial charge on any atom is 0.320 e. The summed E-state index contributed by atoms with van der Waals surface area (Å²) in [6.45, 7) is 6.28. The van der Waals surface area contributed by atoms with Crippen LogP contribution in [0, 0.1) is 5.92 Å². The lowest BCUT2D eigenvalue weighted by Gasteiger charge is -2.35. The van der Waals surface area contributed by atoms with Gasteiger partial charge in [-0.25, -0.2) is 0 Å². The number of likely N-dealkylation sites (tertiary alicyclic amines) is 1. The lowest BCUT2D eigenvalue weighted by molar-refractivity contribution is -0.140. The van der Waals surface area contributed by atoms with Crippen LogP contribution < -0.4 is 5.73 Å². The van der Waals surface area contributed by atoms with Crippen molar-refractivity contribution in [3.8, 4) is 0 Å². The Kier molecular flexibility index (Phi) is 3.89. The third kappa shape index (κ3) is 2.69. The minimum Gasteiger partial charge on any atom is -0.480 e. The number of rotatable bonds is 3. The van der Waals surface area contributed by atoms with Crippen molar-refractivity contribution in [2.75, 3.05) is 13.1 Å². The van der Waals surface area contributed by atoms with Crippen molar-refractivity contribution in [1.29, 1.82) is 0 Å². The molecule has 1 aliphatic heterocycles. The molecule has 1 aliphatic rings. The Bertz CT molecular complexity index is 198. The molecule has 82 valence electrons. The number of carbonyl (C=O) groups is 1. The summed E-state index contributed by atoms with van der Waals surface area (Å²) in [5.41, 5.74) is 5.59. The number of piperidine rings is 1. The fourth-order valence-electron chi connectivity index (χ4n) is 2.00. The summed E-state index contributed by atoms with van der Waals surface area (Å²) in [4.78, 5) is 13.0. The molecule has 4 nitrogen and oxygen atoms in total. The van der Waals surface area contributed by atoms with Gasteiger partial charge >= 0.3 is 5.97 Å². The second-order valence-electron chi connectivity index (χ2n) is 4.33. The zero-order valence-electron chi connectivity index (χ0n) is 8.94. The number of nitrogens with two attached hydrogens (primary N) is 1. The van der Waals surface area contributed by atoms with Crippen LogP contribution in [0.15, 0.2) is 0 Å². The van der Waals surface area contributed by atoms with Crippen LogP contribution in [-0.2, 0) is 4.79 Å². The molecule has 0 spiro atoms. The predicted molar refractivity (Wildman–Crippen MR) is 55.0 cm³/mol. The highest BCUT2D eigenvalue weighted by atomic mass is 16.4. The molecule has 0 saturated carbocycles. The molecule has 1 atom stereocenters. The van der Waals surface area contributed by atoms with Crippen LogP contribution in [0.4, 0.5) is 0 Å². The summed E-state index contributed by atoms with van der Waals surface area (Å²) in [6, 6.07) is -0.124. The average molecular weight is 200 g/mol. The molecule has 0 aromatic heterocycles. The SMILES string of the molecule is CC(C)N1CCC(C(N)C(=O)O)CC1. The number of hydrogen-bond donors (Lipinski definition) is 2. The second kappa shape index (κ2) is 4.75. The first kappa shape index (κ1) is 11.5. The Balaban J connectivity index is 2.39. The van der Waals surface area contributed by atoms with Crippen molar-refractivity contribution < 1.29 is 9.90 Å². The van der Waals surface area contributed by atoms with Crippen molar-refractivity contribution in [1.82, 2.24) is 4.90 Å². The van der Waals surface area contributed by atoms with Crippen molar-refractivity contribution >= 4 is 5.97 Å². The van der Waals surface area contributed by atoms with Crippen LogP contribution >= 0.6 is 0 Å². The van der Waals surface area contributed by atoms with E-state index in [2.05, 4.69) is 18.7 Å². The maximum atomic E-state index is 10.7. The Morgan fingerprint density at radius 2 is 1.93 bits per heavy atom. The molecular weight excluding hydrogens is 180 g/mol. The van der Waals surface area contributed by atoms with Gasteiger partial charge in [0.25, 0.3) is 0 Å². The van der Waals surface area contributed by atoms with E-state index in [0.717, 1.165) is 25.9 Å². The van der Waals surface area contributed by atoms with Crippen molar-refractivity contribution in [3.05, 3.63) is 0 Å². The third-order valence-electron chi connectivity index (χ3n) is 3.10. The van der Waals surface area contributed by atoms with Crippen LogP contribution in [0.2, 0.25) is 0 Å². The summed E-state index contributed by atoms with van der Waals surface area (Å²) >= 11 is 0. The summed E-state index contributed by atoms with van der Waals surface area (Å²) in [5, 5.41) is 8.77. The van der Waals surface area contributed by atoms with Gasteiger partial charge in [-0.1, -0.05) is 0 Å². The molecule has 0 bridgehead atoms. The number of hydrogen-bond acceptors (Lipinski definition) is 3. The summed E-state index contributed by atoms with van der Waals surface area (Å²) in [6.07, 6.45) is 1.82. The molecule has 1 fully saturated rings. The van der Waals surface area contributed by atoms with Gasteiger partial charge in [-0.05, 0) is 45.7 Å². The zero-order chi connectivity index (χ0) is 10.7. The van der Waals surface area contributed by atoms with Gasteiger partial charge < -0.3 is 15.7 Å². The first-order chi connectivity index (χ1) is 6.52. The predicted octanol–water partition coefficient (Wildman–Crippen LogP) is 0.519. The monoisotopic (exact) mass is 200 g/mol. The van der Waals surface area contributed by atoms with E-state index in [4.69, 9.17) is 10.8 Å². The van der Waals surface area contributed by atoms with Crippen LogP contribution in [0.1, 0.15) is 26.7 Å². The van der Waals surface area contributed by atoms with E-state index >= 15 is 0 Å². The van der Waals surface area contributed by atoms with Crippen LogP contribution in [0.3, 0.4) is 0 Å². The van der Waals surface area contributed by atoms with E-state index in [1.54, 1.807) is 0 Å². The molecule has 0 amide bonds. The highest BCUT2D eigenvalue weighted by Crippen LogP contribution is 2.21. The fourth-order valence-corrected chi connectivity index (χ4v) is 2.00. The molecule has 0 aromatic carbocycles. The van der Waals surface area contributed by atoms with Gasteiger partial charge in [-0.15, -0.1) is 0 Å². The molecule has 1 unspecified atom stereocenters. The molecule has 0 aromatic rings. The van der Waals surface area contributed by atoms with E-state index in [1.807, 2.05) is 0 Å². The van der Waals surface area contributed by atoms with Crippen LogP contribution in [0.25, 0.3) is 0 Å². The molecule has 3 N–H and O–H groups in total. The van der Waals surface area contributed by atoms with Gasteiger partial charge in [0.15, 0.2) is 0 Å². The minimum atomic E-state index is -0.868. The van der Waals surface area contributed by atoms with Gasteiger partial charge in [0.2, 0.25) is 0 Å². The molecule has 0 aliphatic carbocycles. The topological polar surface area (TPSA) is 66.6 Å².